The fraction of sp³-hybridized carbons (Fsp3) is 0.188. The van der Waals surface area contributed by atoms with Gasteiger partial charge in [0.1, 0.15) is 24.8 Å². The number of anilines is 1. The van der Waals surface area contributed by atoms with Crippen molar-refractivity contribution < 1.29 is 19.0 Å². The number of aryl methyl sites for hydroxylation is 1. The molecule has 2 aromatic heterocycles. The van der Waals surface area contributed by atoms with Crippen molar-refractivity contribution in [2.45, 2.75) is 19.5 Å². The summed E-state index contributed by atoms with van der Waals surface area (Å²) >= 11 is 0. The Balaban J connectivity index is 1.35. The minimum atomic E-state index is -0.385. The molecule has 0 radical (unpaired) electrons. The van der Waals surface area contributed by atoms with Crippen LogP contribution < -0.4 is 19.5 Å². The van der Waals surface area contributed by atoms with E-state index in [0.717, 1.165) is 39.8 Å². The average Bonchev–Trinajstić information content (AvgIpc) is 3.58. The predicted octanol–water partition coefficient (Wildman–Crippen LogP) is 5.89. The zero-order valence-electron chi connectivity index (χ0n) is 22.8. The van der Waals surface area contributed by atoms with Gasteiger partial charge < -0.3 is 29.0 Å². The van der Waals surface area contributed by atoms with Crippen LogP contribution in [-0.2, 0) is 6.54 Å². The van der Waals surface area contributed by atoms with Crippen molar-refractivity contribution in [2.24, 2.45) is 0 Å². The number of methoxy groups -OCH3 is 1. The summed E-state index contributed by atoms with van der Waals surface area (Å²) in [7, 11) is 1.65. The number of carbonyl (C=O) groups is 1. The lowest BCUT2D eigenvalue weighted by Crippen LogP contribution is -2.38. The molecule has 0 saturated heterocycles. The Morgan fingerprint density at radius 2 is 1.73 bits per heavy atom. The number of para-hydroxylation sites is 1. The molecule has 0 bridgehead atoms. The number of fused-ring (bicyclic) bond motifs is 4. The van der Waals surface area contributed by atoms with Crippen LogP contribution in [0.25, 0.3) is 11.5 Å². The summed E-state index contributed by atoms with van der Waals surface area (Å²) in [6, 6.07) is 26.8. The first-order chi connectivity index (χ1) is 20.1. The maximum Gasteiger partial charge on any atom is 0.322 e. The number of nitrogens with zero attached hydrogens (tertiary/aromatic N) is 4. The molecule has 7 rings (SSSR count). The standard InChI is InChI=1S/C32H29N5O4/c1-21-26-20-36(32(38)33-23-12-15-28-29(19-23)41-18-17-40-28)30(22-10-13-25(39-2)14-11-22)27-9-6-16-35(27)31(26)37(34-21)24-7-4-3-5-8-24/h3-16,19,30H,17-18,20H2,1-2H3,(H,33,38)/t30-/m1/s1. The van der Waals surface area contributed by atoms with E-state index in [4.69, 9.17) is 19.3 Å². The first kappa shape index (κ1) is 24.8. The van der Waals surface area contributed by atoms with Gasteiger partial charge in [-0.15, -0.1) is 0 Å². The molecule has 0 saturated carbocycles. The van der Waals surface area contributed by atoms with Crippen LogP contribution in [-0.4, -0.2) is 45.6 Å². The van der Waals surface area contributed by atoms with Gasteiger partial charge in [0.15, 0.2) is 11.5 Å². The minimum Gasteiger partial charge on any atom is -0.497 e. The molecule has 3 aromatic carbocycles. The molecule has 0 fully saturated rings. The summed E-state index contributed by atoms with van der Waals surface area (Å²) in [5, 5.41) is 8.03. The van der Waals surface area contributed by atoms with Crippen molar-refractivity contribution in [3.05, 3.63) is 114 Å². The maximum atomic E-state index is 14.2. The molecule has 9 heteroatoms. The van der Waals surface area contributed by atoms with E-state index in [2.05, 4.69) is 16.0 Å². The second kappa shape index (κ2) is 10.1. The molecule has 4 heterocycles. The Hall–Kier alpha value is -5.18. The van der Waals surface area contributed by atoms with Gasteiger partial charge in [-0.2, -0.15) is 5.10 Å². The number of urea groups is 1. The molecule has 41 heavy (non-hydrogen) atoms. The van der Waals surface area contributed by atoms with E-state index in [9.17, 15) is 4.79 Å². The van der Waals surface area contributed by atoms with Crippen molar-refractivity contribution in [3.63, 3.8) is 0 Å². The summed E-state index contributed by atoms with van der Waals surface area (Å²) in [5.41, 5.74) is 5.32. The van der Waals surface area contributed by atoms with Crippen LogP contribution in [0.2, 0.25) is 0 Å². The lowest BCUT2D eigenvalue weighted by molar-refractivity contribution is 0.171. The van der Waals surface area contributed by atoms with E-state index in [1.807, 2.05) is 95.5 Å². The van der Waals surface area contributed by atoms with Gasteiger partial charge in [0, 0.05) is 23.5 Å². The highest BCUT2D eigenvalue weighted by Gasteiger charge is 2.36. The second-order valence-electron chi connectivity index (χ2n) is 10.0. The Morgan fingerprint density at radius 1 is 0.951 bits per heavy atom. The molecule has 1 atom stereocenters. The largest absolute Gasteiger partial charge is 0.497 e. The molecule has 206 valence electrons. The Morgan fingerprint density at radius 3 is 2.51 bits per heavy atom. The number of benzene rings is 3. The first-order valence-corrected chi connectivity index (χ1v) is 13.5. The number of hydrogen-bond donors (Lipinski definition) is 1. The van der Waals surface area contributed by atoms with Gasteiger partial charge in [-0.05, 0) is 61.0 Å². The van der Waals surface area contributed by atoms with E-state index in [-0.39, 0.29) is 12.1 Å². The van der Waals surface area contributed by atoms with Crippen LogP contribution in [0.3, 0.4) is 0 Å². The fourth-order valence-electron chi connectivity index (χ4n) is 5.60. The summed E-state index contributed by atoms with van der Waals surface area (Å²) in [6.45, 7) is 3.32. The highest BCUT2D eigenvalue weighted by Crippen LogP contribution is 2.39. The monoisotopic (exact) mass is 547 g/mol. The van der Waals surface area contributed by atoms with Crippen LogP contribution in [0.5, 0.6) is 17.2 Å². The molecule has 0 unspecified atom stereocenters. The molecule has 0 aliphatic carbocycles. The normalized spacial score (nSPS) is 15.5. The van der Waals surface area contributed by atoms with Gasteiger partial charge in [0.25, 0.3) is 0 Å². The Kier molecular flexibility index (Phi) is 6.11. The average molecular weight is 548 g/mol. The smallest absolute Gasteiger partial charge is 0.322 e. The van der Waals surface area contributed by atoms with Crippen molar-refractivity contribution >= 4 is 11.7 Å². The number of rotatable bonds is 4. The van der Waals surface area contributed by atoms with Crippen LogP contribution in [0.15, 0.2) is 91.1 Å². The van der Waals surface area contributed by atoms with Gasteiger partial charge in [0.05, 0.1) is 36.8 Å². The van der Waals surface area contributed by atoms with Crippen molar-refractivity contribution in [1.82, 2.24) is 19.2 Å². The van der Waals surface area contributed by atoms with E-state index < -0.39 is 0 Å². The topological polar surface area (TPSA) is 82.8 Å². The van der Waals surface area contributed by atoms with Gasteiger partial charge in [-0.3, -0.25) is 0 Å². The van der Waals surface area contributed by atoms with E-state index in [0.29, 0.717) is 36.9 Å². The molecule has 5 aromatic rings. The van der Waals surface area contributed by atoms with Crippen LogP contribution >= 0.6 is 0 Å². The van der Waals surface area contributed by atoms with E-state index >= 15 is 0 Å². The number of hydrogen-bond acceptors (Lipinski definition) is 5. The zero-order valence-corrected chi connectivity index (χ0v) is 22.8. The highest BCUT2D eigenvalue weighted by molar-refractivity contribution is 5.90. The third-order valence-corrected chi connectivity index (χ3v) is 7.57. The van der Waals surface area contributed by atoms with Gasteiger partial charge >= 0.3 is 6.03 Å². The number of amides is 2. The third-order valence-electron chi connectivity index (χ3n) is 7.57. The molecule has 0 spiro atoms. The van der Waals surface area contributed by atoms with Crippen LogP contribution in [0, 0.1) is 6.92 Å². The van der Waals surface area contributed by atoms with Crippen molar-refractivity contribution in [1.29, 1.82) is 0 Å². The lowest BCUT2D eigenvalue weighted by atomic mass is 10.0. The zero-order chi connectivity index (χ0) is 27.9. The lowest BCUT2D eigenvalue weighted by Gasteiger charge is -2.31. The molecule has 2 aliphatic heterocycles. The quantitative estimate of drug-likeness (QED) is 0.304. The summed E-state index contributed by atoms with van der Waals surface area (Å²) in [6.07, 6.45) is 2.04. The second-order valence-corrected chi connectivity index (χ2v) is 10.0. The molecule has 9 nitrogen and oxygen atoms in total. The molecule has 2 aliphatic rings. The summed E-state index contributed by atoms with van der Waals surface area (Å²) in [5.74, 6) is 2.96. The minimum absolute atomic E-state index is 0.241. The molecule has 2 amide bonds. The maximum absolute atomic E-state index is 14.2. The fourth-order valence-corrected chi connectivity index (χ4v) is 5.60. The number of ether oxygens (including phenoxy) is 3. The number of aromatic nitrogens is 3. The van der Waals surface area contributed by atoms with Gasteiger partial charge in [-0.1, -0.05) is 30.3 Å². The Labute approximate surface area is 237 Å². The first-order valence-electron chi connectivity index (χ1n) is 13.5. The Bertz CT molecular complexity index is 1730. The molecular weight excluding hydrogens is 518 g/mol. The molecule has 1 N–H and O–H groups in total. The highest BCUT2D eigenvalue weighted by atomic mass is 16.6. The van der Waals surface area contributed by atoms with E-state index in [1.165, 1.54) is 0 Å². The molecular formula is C32H29N5O4. The van der Waals surface area contributed by atoms with Gasteiger partial charge in [-0.25, -0.2) is 9.48 Å². The number of carbonyl (C=O) groups excluding carboxylic acids is 1. The predicted molar refractivity (Wildman–Crippen MR) is 154 cm³/mol. The van der Waals surface area contributed by atoms with Crippen LogP contribution in [0.1, 0.15) is 28.6 Å². The summed E-state index contributed by atoms with van der Waals surface area (Å²) in [4.78, 5) is 16.1. The van der Waals surface area contributed by atoms with E-state index in [1.54, 1.807) is 13.2 Å². The van der Waals surface area contributed by atoms with Crippen molar-refractivity contribution in [2.75, 3.05) is 25.6 Å². The van der Waals surface area contributed by atoms with Gasteiger partial charge in [0.2, 0.25) is 0 Å². The summed E-state index contributed by atoms with van der Waals surface area (Å²) < 4.78 is 20.9. The SMILES string of the molecule is COc1ccc([C@@H]2c3cccn3-c3c(c(C)nn3-c3ccccc3)CN2C(=O)Nc2ccc3c(c2)OCCO3)cc1. The third kappa shape index (κ3) is 4.35. The number of nitrogens with one attached hydrogen (secondary N) is 1. The van der Waals surface area contributed by atoms with Crippen LogP contribution in [0.4, 0.5) is 10.5 Å². The van der Waals surface area contributed by atoms with Crippen molar-refractivity contribution in [3.8, 4) is 28.8 Å².